The van der Waals surface area contributed by atoms with Crippen LogP contribution in [0.4, 0.5) is 0 Å². The van der Waals surface area contributed by atoms with E-state index in [1.54, 1.807) is 0 Å². The van der Waals surface area contributed by atoms with Crippen molar-refractivity contribution in [2.24, 2.45) is 0 Å². The van der Waals surface area contributed by atoms with E-state index >= 15 is 0 Å². The lowest BCUT2D eigenvalue weighted by Crippen LogP contribution is -1.71. The van der Waals surface area contributed by atoms with E-state index in [9.17, 15) is 0 Å². The molecule has 0 saturated carbocycles. The van der Waals surface area contributed by atoms with Gasteiger partial charge in [0.15, 0.2) is 0 Å². The van der Waals surface area contributed by atoms with E-state index in [0.717, 1.165) is 10.1 Å². The molecule has 0 aliphatic heterocycles. The Labute approximate surface area is 45.4 Å². The summed E-state index contributed by atoms with van der Waals surface area (Å²) in [6.07, 6.45) is 0.876. The van der Waals surface area contributed by atoms with Gasteiger partial charge in [-0.2, -0.15) is 0 Å². The molecule has 0 aliphatic rings. The van der Waals surface area contributed by atoms with E-state index < -0.39 is 0 Å². The SMILES string of the molecule is CCC(=N)I. The van der Waals surface area contributed by atoms with Crippen molar-refractivity contribution in [2.45, 2.75) is 13.3 Å². The molecule has 0 radical (unpaired) electrons. The minimum absolute atomic E-state index is 0.725. The maximum absolute atomic E-state index is 6.73. The lowest BCUT2D eigenvalue weighted by atomic mass is 10.6. The minimum atomic E-state index is 0.725. The quantitative estimate of drug-likeness (QED) is 0.473. The predicted octanol–water partition coefficient (Wildman–Crippen LogP) is 1.81. The molecule has 1 N–H and O–H groups in total. The highest BCUT2D eigenvalue weighted by molar-refractivity contribution is 14.1. The van der Waals surface area contributed by atoms with Crippen molar-refractivity contribution in [3.63, 3.8) is 0 Å². The number of halogens is 1. The van der Waals surface area contributed by atoms with Gasteiger partial charge in [-0.15, -0.1) is 0 Å². The van der Waals surface area contributed by atoms with Gasteiger partial charge in [0.25, 0.3) is 0 Å². The molecule has 2 heteroatoms. The van der Waals surface area contributed by atoms with E-state index in [2.05, 4.69) is 0 Å². The molecule has 0 bridgehead atoms. The molecule has 0 aliphatic carbocycles. The average molecular weight is 183 g/mol. The second-order valence-electron chi connectivity index (χ2n) is 0.758. The van der Waals surface area contributed by atoms with Crippen molar-refractivity contribution in [3.8, 4) is 0 Å². The van der Waals surface area contributed by atoms with Gasteiger partial charge in [0.2, 0.25) is 0 Å². The first-order chi connectivity index (χ1) is 2.27. The summed E-state index contributed by atoms with van der Waals surface area (Å²) in [5, 5.41) is 6.73. The van der Waals surface area contributed by atoms with Crippen molar-refractivity contribution in [1.82, 2.24) is 0 Å². The molecule has 0 unspecified atom stereocenters. The molecule has 0 aromatic heterocycles. The van der Waals surface area contributed by atoms with Crippen LogP contribution in [0.25, 0.3) is 0 Å². The first-order valence-electron chi connectivity index (χ1n) is 1.50. The topological polar surface area (TPSA) is 23.9 Å². The van der Waals surface area contributed by atoms with Crippen LogP contribution >= 0.6 is 22.6 Å². The third kappa shape index (κ3) is 4.40. The number of rotatable bonds is 1. The molecule has 0 atom stereocenters. The predicted molar refractivity (Wildman–Crippen MR) is 32.0 cm³/mol. The summed E-state index contributed by atoms with van der Waals surface area (Å²) in [5.41, 5.74) is 0. The summed E-state index contributed by atoms with van der Waals surface area (Å²) in [7, 11) is 0. The third-order valence-electron chi connectivity index (χ3n) is 0.310. The zero-order chi connectivity index (χ0) is 4.28. The van der Waals surface area contributed by atoms with Crippen LogP contribution in [-0.4, -0.2) is 3.72 Å². The van der Waals surface area contributed by atoms with Gasteiger partial charge in [-0.25, -0.2) is 0 Å². The standard InChI is InChI=1S/C3H6IN/c1-2-3(4)5/h5H,2H2,1H3. The summed E-state index contributed by atoms with van der Waals surface area (Å²) in [6, 6.07) is 0. The minimum Gasteiger partial charge on any atom is -0.299 e. The monoisotopic (exact) mass is 183 g/mol. The smallest absolute Gasteiger partial charge is 0.0691 e. The highest BCUT2D eigenvalue weighted by Gasteiger charge is 1.73. The Morgan fingerprint density at radius 1 is 2.00 bits per heavy atom. The van der Waals surface area contributed by atoms with Gasteiger partial charge >= 0.3 is 0 Å². The van der Waals surface area contributed by atoms with Crippen LogP contribution in [0, 0.1) is 5.41 Å². The summed E-state index contributed by atoms with van der Waals surface area (Å²) >= 11 is 1.99. The van der Waals surface area contributed by atoms with E-state index in [0.29, 0.717) is 0 Å². The Hall–Kier alpha value is 0.400. The Morgan fingerprint density at radius 2 is 2.20 bits per heavy atom. The maximum atomic E-state index is 6.73. The largest absolute Gasteiger partial charge is 0.299 e. The molecule has 30 valence electrons. The summed E-state index contributed by atoms with van der Waals surface area (Å²) in [4.78, 5) is 0. The Kier molecular flexibility index (Phi) is 2.84. The fraction of sp³-hybridized carbons (Fsp3) is 0.667. The van der Waals surface area contributed by atoms with Crippen molar-refractivity contribution in [3.05, 3.63) is 0 Å². The van der Waals surface area contributed by atoms with Crippen molar-refractivity contribution >= 4 is 26.3 Å². The number of hydrogen-bond donors (Lipinski definition) is 1. The number of hydrogen-bond acceptors (Lipinski definition) is 1. The second kappa shape index (κ2) is 2.63. The molecule has 0 rings (SSSR count). The first kappa shape index (κ1) is 5.40. The van der Waals surface area contributed by atoms with E-state index in [1.807, 2.05) is 29.5 Å². The van der Waals surface area contributed by atoms with Crippen LogP contribution in [0.2, 0.25) is 0 Å². The maximum Gasteiger partial charge on any atom is 0.0691 e. The third-order valence-corrected chi connectivity index (χ3v) is 1.07. The molecule has 0 spiro atoms. The first-order valence-corrected chi connectivity index (χ1v) is 2.58. The molecule has 0 aromatic carbocycles. The zero-order valence-corrected chi connectivity index (χ0v) is 5.24. The molecular weight excluding hydrogens is 177 g/mol. The van der Waals surface area contributed by atoms with Crippen LogP contribution in [0.5, 0.6) is 0 Å². The normalized spacial score (nSPS) is 7.60. The van der Waals surface area contributed by atoms with Gasteiger partial charge in [0.05, 0.1) is 3.72 Å². The fourth-order valence-electron chi connectivity index (χ4n) is 0. The molecular formula is C3H6IN. The van der Waals surface area contributed by atoms with E-state index in [-0.39, 0.29) is 0 Å². The van der Waals surface area contributed by atoms with Crippen molar-refractivity contribution in [2.75, 3.05) is 0 Å². The highest BCUT2D eigenvalue weighted by Crippen LogP contribution is 1.88. The van der Waals surface area contributed by atoms with Gasteiger partial charge in [0, 0.05) is 0 Å². The number of nitrogens with one attached hydrogen (secondary N) is 1. The molecule has 0 saturated heterocycles. The van der Waals surface area contributed by atoms with Gasteiger partial charge in [0.1, 0.15) is 0 Å². The molecule has 0 fully saturated rings. The second-order valence-corrected chi connectivity index (χ2v) is 2.06. The van der Waals surface area contributed by atoms with Crippen LogP contribution in [0.3, 0.4) is 0 Å². The van der Waals surface area contributed by atoms with Gasteiger partial charge < -0.3 is 0 Å². The van der Waals surface area contributed by atoms with Crippen molar-refractivity contribution < 1.29 is 0 Å². The summed E-state index contributed by atoms with van der Waals surface area (Å²) < 4.78 is 0.725. The Bertz CT molecular complexity index is 42.2. The van der Waals surface area contributed by atoms with Crippen molar-refractivity contribution in [1.29, 1.82) is 5.41 Å². The van der Waals surface area contributed by atoms with E-state index in [1.165, 1.54) is 0 Å². The molecule has 0 aromatic rings. The molecule has 1 nitrogen and oxygen atoms in total. The molecule has 0 heterocycles. The lowest BCUT2D eigenvalue weighted by molar-refractivity contribution is 1.29. The molecule has 5 heavy (non-hydrogen) atoms. The molecule has 0 amide bonds. The Balaban J connectivity index is 2.85. The van der Waals surface area contributed by atoms with Gasteiger partial charge in [-0.05, 0) is 29.0 Å². The van der Waals surface area contributed by atoms with E-state index in [4.69, 9.17) is 5.41 Å². The van der Waals surface area contributed by atoms with Crippen LogP contribution in [0.15, 0.2) is 0 Å². The summed E-state index contributed by atoms with van der Waals surface area (Å²) in [5.74, 6) is 0. The fourth-order valence-corrected chi connectivity index (χ4v) is 0. The Morgan fingerprint density at radius 3 is 2.20 bits per heavy atom. The van der Waals surface area contributed by atoms with Crippen LogP contribution in [-0.2, 0) is 0 Å². The zero-order valence-electron chi connectivity index (χ0n) is 3.09. The lowest BCUT2D eigenvalue weighted by Gasteiger charge is -1.74. The van der Waals surface area contributed by atoms with Crippen LogP contribution < -0.4 is 0 Å². The van der Waals surface area contributed by atoms with Crippen LogP contribution in [0.1, 0.15) is 13.3 Å². The summed E-state index contributed by atoms with van der Waals surface area (Å²) in [6.45, 7) is 1.97. The average Bonchev–Trinajstić information content (AvgIpc) is 1.38. The van der Waals surface area contributed by atoms with Gasteiger partial charge in [-0.1, -0.05) is 6.92 Å². The van der Waals surface area contributed by atoms with Gasteiger partial charge in [-0.3, -0.25) is 5.41 Å². The highest BCUT2D eigenvalue weighted by atomic mass is 127.